The molecular formula is C15H22N2O4. The van der Waals surface area contributed by atoms with Gasteiger partial charge in [0.2, 0.25) is 0 Å². The molecule has 0 bridgehead atoms. The van der Waals surface area contributed by atoms with Gasteiger partial charge in [-0.15, -0.1) is 0 Å². The third-order valence-electron chi connectivity index (χ3n) is 3.54. The summed E-state index contributed by atoms with van der Waals surface area (Å²) in [5.41, 5.74) is 0.269. The molecule has 0 saturated heterocycles. The number of esters is 1. The van der Waals surface area contributed by atoms with Gasteiger partial charge in [-0.1, -0.05) is 19.0 Å². The van der Waals surface area contributed by atoms with Gasteiger partial charge in [-0.3, -0.25) is 9.59 Å². The molecule has 1 atom stereocenters. The van der Waals surface area contributed by atoms with Crippen LogP contribution in [0.1, 0.15) is 55.3 Å². The van der Waals surface area contributed by atoms with Gasteiger partial charge < -0.3 is 14.6 Å². The second kappa shape index (κ2) is 6.74. The van der Waals surface area contributed by atoms with Crippen LogP contribution in [0.15, 0.2) is 10.6 Å². The van der Waals surface area contributed by atoms with Gasteiger partial charge in [0.05, 0.1) is 13.0 Å². The predicted octanol–water partition coefficient (Wildman–Crippen LogP) is 2.12. The Morgan fingerprint density at radius 2 is 2.19 bits per heavy atom. The van der Waals surface area contributed by atoms with Crippen molar-refractivity contribution in [3.05, 3.63) is 17.5 Å². The number of carbonyl (C=O) groups excluding carboxylic acids is 2. The van der Waals surface area contributed by atoms with Crippen molar-refractivity contribution in [3.63, 3.8) is 0 Å². The molecule has 1 unspecified atom stereocenters. The summed E-state index contributed by atoms with van der Waals surface area (Å²) in [6.45, 7) is 4.30. The number of methoxy groups -OCH3 is 1. The Morgan fingerprint density at radius 1 is 1.48 bits per heavy atom. The summed E-state index contributed by atoms with van der Waals surface area (Å²) in [6.07, 6.45) is 2.85. The molecule has 1 fully saturated rings. The second-order valence-corrected chi connectivity index (χ2v) is 5.95. The van der Waals surface area contributed by atoms with E-state index in [4.69, 9.17) is 9.26 Å². The number of nitrogens with zero attached hydrogens (tertiary/aromatic N) is 1. The lowest BCUT2D eigenvalue weighted by molar-refractivity contribution is -0.145. The minimum Gasteiger partial charge on any atom is -0.469 e. The van der Waals surface area contributed by atoms with E-state index in [0.717, 1.165) is 18.6 Å². The topological polar surface area (TPSA) is 81.4 Å². The van der Waals surface area contributed by atoms with Crippen molar-refractivity contribution < 1.29 is 18.8 Å². The minimum absolute atomic E-state index is 0.245. The fraction of sp³-hybridized carbons (Fsp3) is 0.667. The molecule has 1 amide bonds. The fourth-order valence-electron chi connectivity index (χ4n) is 2.26. The molecule has 21 heavy (non-hydrogen) atoms. The zero-order valence-electron chi connectivity index (χ0n) is 12.7. The molecule has 1 aromatic rings. The minimum atomic E-state index is -0.339. The molecule has 0 aromatic carbocycles. The molecule has 1 saturated carbocycles. The first-order valence-electron chi connectivity index (χ1n) is 7.34. The van der Waals surface area contributed by atoms with E-state index in [1.807, 2.05) is 13.8 Å². The SMILES string of the molecule is COC(=O)C(CNC(=O)c1cc(C2CC2)on1)CC(C)C. The Balaban J connectivity index is 1.89. The van der Waals surface area contributed by atoms with Crippen LogP contribution in [-0.4, -0.2) is 30.7 Å². The molecule has 1 aliphatic carbocycles. The van der Waals surface area contributed by atoms with E-state index in [1.165, 1.54) is 7.11 Å². The van der Waals surface area contributed by atoms with Crippen LogP contribution in [0, 0.1) is 11.8 Å². The summed E-state index contributed by atoms with van der Waals surface area (Å²) in [7, 11) is 1.36. The zero-order valence-corrected chi connectivity index (χ0v) is 12.7. The highest BCUT2D eigenvalue weighted by Gasteiger charge is 2.29. The van der Waals surface area contributed by atoms with Gasteiger partial charge in [0.15, 0.2) is 5.69 Å². The lowest BCUT2D eigenvalue weighted by Crippen LogP contribution is -2.34. The first-order chi connectivity index (χ1) is 10.0. The van der Waals surface area contributed by atoms with Crippen LogP contribution in [0.25, 0.3) is 0 Å². The van der Waals surface area contributed by atoms with Crippen LogP contribution >= 0.6 is 0 Å². The van der Waals surface area contributed by atoms with Crippen LogP contribution in [-0.2, 0) is 9.53 Å². The molecule has 0 radical (unpaired) electrons. The van der Waals surface area contributed by atoms with E-state index in [-0.39, 0.29) is 30.0 Å². The van der Waals surface area contributed by atoms with Gasteiger partial charge in [0, 0.05) is 18.5 Å². The summed E-state index contributed by atoms with van der Waals surface area (Å²) in [5.74, 6) is 0.578. The van der Waals surface area contributed by atoms with E-state index in [2.05, 4.69) is 10.5 Å². The van der Waals surface area contributed by atoms with Gasteiger partial charge in [-0.2, -0.15) is 0 Å². The molecule has 6 nitrogen and oxygen atoms in total. The molecule has 1 aromatic heterocycles. The van der Waals surface area contributed by atoms with Crippen LogP contribution in [0.2, 0.25) is 0 Å². The maximum Gasteiger partial charge on any atom is 0.310 e. The Bertz CT molecular complexity index is 506. The Labute approximate surface area is 124 Å². The third kappa shape index (κ3) is 4.31. The first kappa shape index (κ1) is 15.5. The highest BCUT2D eigenvalue weighted by atomic mass is 16.5. The fourth-order valence-corrected chi connectivity index (χ4v) is 2.26. The number of ether oxygens (including phenoxy) is 1. The van der Waals surface area contributed by atoms with Crippen molar-refractivity contribution in [1.82, 2.24) is 10.5 Å². The highest BCUT2D eigenvalue weighted by molar-refractivity contribution is 5.92. The number of hydrogen-bond donors (Lipinski definition) is 1. The van der Waals surface area contributed by atoms with Gasteiger partial charge in [0.25, 0.3) is 5.91 Å². The number of aromatic nitrogens is 1. The maximum atomic E-state index is 12.0. The summed E-state index contributed by atoms with van der Waals surface area (Å²) < 4.78 is 9.92. The zero-order chi connectivity index (χ0) is 15.4. The average molecular weight is 294 g/mol. The van der Waals surface area contributed by atoms with Crippen LogP contribution in [0.5, 0.6) is 0 Å². The summed E-state index contributed by atoms with van der Waals surface area (Å²) in [5, 5.41) is 6.51. The molecule has 1 aliphatic rings. The predicted molar refractivity (Wildman–Crippen MR) is 75.8 cm³/mol. The summed E-state index contributed by atoms with van der Waals surface area (Å²) >= 11 is 0. The Morgan fingerprint density at radius 3 is 2.76 bits per heavy atom. The lowest BCUT2D eigenvalue weighted by atomic mass is 9.97. The monoisotopic (exact) mass is 294 g/mol. The maximum absolute atomic E-state index is 12.0. The standard InChI is InChI=1S/C15H22N2O4/c1-9(2)6-11(15(19)20-3)8-16-14(18)12-7-13(21-17-12)10-4-5-10/h7,9-11H,4-6,8H2,1-3H3,(H,16,18). The van der Waals surface area contributed by atoms with Crippen LogP contribution < -0.4 is 5.32 Å². The van der Waals surface area contributed by atoms with E-state index < -0.39 is 0 Å². The van der Waals surface area contributed by atoms with E-state index in [0.29, 0.717) is 18.3 Å². The quantitative estimate of drug-likeness (QED) is 0.779. The van der Waals surface area contributed by atoms with Crippen molar-refractivity contribution in [2.24, 2.45) is 11.8 Å². The lowest BCUT2D eigenvalue weighted by Gasteiger charge is -2.16. The van der Waals surface area contributed by atoms with Crippen LogP contribution in [0.4, 0.5) is 0 Å². The molecule has 0 spiro atoms. The van der Waals surface area contributed by atoms with Crippen LogP contribution in [0.3, 0.4) is 0 Å². The highest BCUT2D eigenvalue weighted by Crippen LogP contribution is 2.40. The van der Waals surface area contributed by atoms with Crippen molar-refractivity contribution in [3.8, 4) is 0 Å². The number of rotatable bonds is 7. The molecule has 2 rings (SSSR count). The number of nitrogens with one attached hydrogen (secondary N) is 1. The normalized spacial score (nSPS) is 15.8. The average Bonchev–Trinajstić information content (AvgIpc) is 3.19. The van der Waals surface area contributed by atoms with Crippen molar-refractivity contribution >= 4 is 11.9 Å². The van der Waals surface area contributed by atoms with Crippen molar-refractivity contribution in [2.75, 3.05) is 13.7 Å². The molecule has 6 heteroatoms. The van der Waals surface area contributed by atoms with Gasteiger partial charge >= 0.3 is 5.97 Å². The Kier molecular flexibility index (Phi) is 4.98. The Hall–Kier alpha value is -1.85. The van der Waals surface area contributed by atoms with E-state index in [9.17, 15) is 9.59 Å². The van der Waals surface area contributed by atoms with Gasteiger partial charge in [0.1, 0.15) is 5.76 Å². The molecular weight excluding hydrogens is 272 g/mol. The molecule has 1 heterocycles. The van der Waals surface area contributed by atoms with Crippen molar-refractivity contribution in [1.29, 1.82) is 0 Å². The third-order valence-corrected chi connectivity index (χ3v) is 3.54. The molecule has 1 N–H and O–H groups in total. The number of amides is 1. The smallest absolute Gasteiger partial charge is 0.310 e. The summed E-state index contributed by atoms with van der Waals surface area (Å²) in [4.78, 5) is 23.7. The molecule has 0 aliphatic heterocycles. The van der Waals surface area contributed by atoms with Crippen molar-refractivity contribution in [2.45, 2.75) is 39.0 Å². The van der Waals surface area contributed by atoms with Gasteiger partial charge in [-0.25, -0.2) is 0 Å². The molecule has 116 valence electrons. The largest absolute Gasteiger partial charge is 0.469 e. The second-order valence-electron chi connectivity index (χ2n) is 5.95. The summed E-state index contributed by atoms with van der Waals surface area (Å²) in [6, 6.07) is 1.68. The first-order valence-corrected chi connectivity index (χ1v) is 7.34. The number of hydrogen-bond acceptors (Lipinski definition) is 5. The van der Waals surface area contributed by atoms with Gasteiger partial charge in [-0.05, 0) is 25.2 Å². The number of carbonyl (C=O) groups is 2. The van der Waals surface area contributed by atoms with E-state index >= 15 is 0 Å². The van der Waals surface area contributed by atoms with E-state index in [1.54, 1.807) is 6.07 Å².